The van der Waals surface area contributed by atoms with E-state index in [1.54, 1.807) is 6.33 Å². The van der Waals surface area contributed by atoms with Crippen molar-refractivity contribution in [2.24, 2.45) is 0 Å². The number of thioether (sulfide) groups is 1. The average molecular weight is 363 g/mol. The van der Waals surface area contributed by atoms with Gasteiger partial charge in [-0.1, -0.05) is 12.1 Å². The second kappa shape index (κ2) is 6.17. The molecule has 2 N–H and O–H groups in total. The molecule has 0 atom stereocenters. The van der Waals surface area contributed by atoms with Crippen molar-refractivity contribution < 1.29 is 4.79 Å². The number of amides is 1. The fourth-order valence-corrected chi connectivity index (χ4v) is 4.48. The Bertz CT molecular complexity index is 1040. The topological polar surface area (TPSA) is 73.9 Å². The number of aromatic nitrogens is 3. The molecule has 1 aromatic carbocycles. The van der Waals surface area contributed by atoms with Crippen molar-refractivity contribution in [3.8, 4) is 0 Å². The van der Waals surface area contributed by atoms with Gasteiger partial charge in [-0.15, -0.1) is 11.8 Å². The van der Waals surface area contributed by atoms with E-state index in [2.05, 4.69) is 43.5 Å². The molecule has 0 saturated heterocycles. The molecule has 0 unspecified atom stereocenters. The molecule has 4 heterocycles. The fraction of sp³-hybridized carbons (Fsp3) is 0.211. The second-order valence-electron chi connectivity index (χ2n) is 6.35. The van der Waals surface area contributed by atoms with Crippen LogP contribution in [0.4, 0.5) is 5.82 Å². The van der Waals surface area contributed by atoms with Gasteiger partial charge in [0.25, 0.3) is 5.91 Å². The first-order valence-corrected chi connectivity index (χ1v) is 9.59. The van der Waals surface area contributed by atoms with E-state index in [-0.39, 0.29) is 5.91 Å². The number of carbonyl (C=O) groups is 1. The Morgan fingerprint density at radius 1 is 1.19 bits per heavy atom. The average Bonchev–Trinajstić information content (AvgIpc) is 3.17. The van der Waals surface area contributed by atoms with Gasteiger partial charge < -0.3 is 15.2 Å². The maximum Gasteiger partial charge on any atom is 0.251 e. The minimum atomic E-state index is 0.0243. The van der Waals surface area contributed by atoms with Crippen molar-refractivity contribution in [3.63, 3.8) is 0 Å². The third kappa shape index (κ3) is 2.55. The highest BCUT2D eigenvalue weighted by Crippen LogP contribution is 2.35. The summed E-state index contributed by atoms with van der Waals surface area (Å²) in [5, 5.41) is 3.94. The zero-order valence-electron chi connectivity index (χ0n) is 14.0. The zero-order valence-corrected chi connectivity index (χ0v) is 14.8. The molecule has 1 amide bonds. The van der Waals surface area contributed by atoms with Gasteiger partial charge in [0.15, 0.2) is 0 Å². The number of aromatic amines is 1. The summed E-state index contributed by atoms with van der Waals surface area (Å²) in [4.78, 5) is 27.4. The third-order valence-electron chi connectivity index (χ3n) is 4.79. The smallest absolute Gasteiger partial charge is 0.251 e. The van der Waals surface area contributed by atoms with Gasteiger partial charge in [0.2, 0.25) is 0 Å². The van der Waals surface area contributed by atoms with Gasteiger partial charge in [0, 0.05) is 41.7 Å². The van der Waals surface area contributed by atoms with Crippen LogP contribution in [0.1, 0.15) is 21.5 Å². The molecule has 130 valence electrons. The molecule has 26 heavy (non-hydrogen) atoms. The van der Waals surface area contributed by atoms with E-state index < -0.39 is 0 Å². The van der Waals surface area contributed by atoms with Crippen molar-refractivity contribution in [2.45, 2.75) is 6.42 Å². The van der Waals surface area contributed by atoms with E-state index >= 15 is 0 Å². The number of nitrogens with one attached hydrogen (secondary N) is 2. The highest BCUT2D eigenvalue weighted by Gasteiger charge is 2.21. The number of carbonyl (C=O) groups excluding carboxylic acids is 1. The lowest BCUT2D eigenvalue weighted by atomic mass is 9.98. The van der Waals surface area contributed by atoms with Crippen LogP contribution in [-0.2, 0) is 6.42 Å². The van der Waals surface area contributed by atoms with E-state index in [4.69, 9.17) is 0 Å². The zero-order chi connectivity index (χ0) is 17.5. The monoisotopic (exact) mass is 363 g/mol. The number of hydrogen-bond donors (Lipinski definition) is 2. The number of benzene rings is 1. The molecular formula is C19H17N5OS. The van der Waals surface area contributed by atoms with Crippen LogP contribution in [0.25, 0.3) is 15.9 Å². The Labute approximate surface area is 154 Å². The molecular weight excluding hydrogens is 346 g/mol. The summed E-state index contributed by atoms with van der Waals surface area (Å²) in [6.07, 6.45) is 6.50. The lowest BCUT2D eigenvalue weighted by Gasteiger charge is -2.26. The van der Waals surface area contributed by atoms with Gasteiger partial charge >= 0.3 is 0 Å². The maximum atomic E-state index is 12.2. The van der Waals surface area contributed by atoms with E-state index in [1.165, 1.54) is 0 Å². The van der Waals surface area contributed by atoms with E-state index in [1.807, 2.05) is 30.1 Å². The normalized spacial score (nSPS) is 17.0. The van der Waals surface area contributed by atoms with Crippen LogP contribution in [0.5, 0.6) is 0 Å². The Morgan fingerprint density at radius 2 is 2.15 bits per heavy atom. The van der Waals surface area contributed by atoms with Crippen LogP contribution in [0, 0.1) is 0 Å². The fourth-order valence-electron chi connectivity index (χ4n) is 3.47. The molecule has 0 spiro atoms. The number of rotatable bonds is 2. The predicted molar refractivity (Wildman–Crippen MR) is 104 cm³/mol. The van der Waals surface area contributed by atoms with Crippen LogP contribution < -0.4 is 10.2 Å². The first-order chi connectivity index (χ1) is 12.8. The van der Waals surface area contributed by atoms with Gasteiger partial charge in [-0.25, -0.2) is 9.97 Å². The van der Waals surface area contributed by atoms with Crippen LogP contribution in [0.3, 0.4) is 0 Å². The number of fused-ring (bicyclic) bond motifs is 2. The molecule has 2 aliphatic heterocycles. The second-order valence-corrected chi connectivity index (χ2v) is 7.49. The van der Waals surface area contributed by atoms with Gasteiger partial charge in [-0.05, 0) is 29.7 Å². The van der Waals surface area contributed by atoms with Crippen molar-refractivity contribution in [2.75, 3.05) is 23.7 Å². The number of nitrogens with zero attached hydrogens (tertiary/aromatic N) is 3. The Balaban J connectivity index is 1.55. The summed E-state index contributed by atoms with van der Waals surface area (Å²) in [6, 6.07) is 8.21. The van der Waals surface area contributed by atoms with Crippen LogP contribution >= 0.6 is 11.8 Å². The quantitative estimate of drug-likeness (QED) is 0.732. The van der Waals surface area contributed by atoms with Crippen LogP contribution in [-0.4, -0.2) is 39.7 Å². The molecule has 0 saturated carbocycles. The maximum absolute atomic E-state index is 12.2. The molecule has 6 nitrogen and oxygen atoms in total. The minimum Gasteiger partial charge on any atom is -0.352 e. The number of anilines is 1. The standard InChI is InChI=1S/C19H17N5OS/c25-19-15-9-13(2-1-12(15)3-5-21-19)16-10-24(7-8-26-16)18-14-4-6-20-17(14)22-11-23-18/h1-2,4,6,9-11H,3,5,7-8H2,(H,21,25)(H,20,22,23). The molecule has 5 rings (SSSR count). The highest BCUT2D eigenvalue weighted by atomic mass is 32.2. The third-order valence-corrected chi connectivity index (χ3v) is 5.83. The first-order valence-electron chi connectivity index (χ1n) is 8.60. The minimum absolute atomic E-state index is 0.0243. The summed E-state index contributed by atoms with van der Waals surface area (Å²) in [5.74, 6) is 1.89. The van der Waals surface area contributed by atoms with Gasteiger partial charge in [0.05, 0.1) is 5.39 Å². The summed E-state index contributed by atoms with van der Waals surface area (Å²) in [7, 11) is 0. The molecule has 0 aliphatic carbocycles. The molecule has 0 fully saturated rings. The largest absolute Gasteiger partial charge is 0.352 e. The van der Waals surface area contributed by atoms with Crippen molar-refractivity contribution in [1.29, 1.82) is 0 Å². The highest BCUT2D eigenvalue weighted by molar-refractivity contribution is 8.08. The molecule has 2 aliphatic rings. The van der Waals surface area contributed by atoms with Crippen molar-refractivity contribution >= 4 is 39.4 Å². The molecule has 3 aromatic rings. The summed E-state index contributed by atoms with van der Waals surface area (Å²) < 4.78 is 0. The van der Waals surface area contributed by atoms with Gasteiger partial charge in [-0.2, -0.15) is 0 Å². The molecule has 0 bridgehead atoms. The van der Waals surface area contributed by atoms with E-state index in [0.29, 0.717) is 0 Å². The molecule has 2 aromatic heterocycles. The van der Waals surface area contributed by atoms with Crippen LogP contribution in [0.2, 0.25) is 0 Å². The Kier molecular flexibility index (Phi) is 3.67. The summed E-state index contributed by atoms with van der Waals surface area (Å²) in [5.41, 5.74) is 3.84. The Hall–Kier alpha value is -2.80. The van der Waals surface area contributed by atoms with Crippen LogP contribution in [0.15, 0.2) is 43.0 Å². The van der Waals surface area contributed by atoms with E-state index in [9.17, 15) is 4.79 Å². The lowest BCUT2D eigenvalue weighted by Crippen LogP contribution is -2.31. The summed E-state index contributed by atoms with van der Waals surface area (Å²) >= 11 is 1.81. The number of H-pyrrole nitrogens is 1. The Morgan fingerprint density at radius 3 is 3.12 bits per heavy atom. The number of hydrogen-bond acceptors (Lipinski definition) is 5. The molecule has 0 radical (unpaired) electrons. The van der Waals surface area contributed by atoms with Crippen molar-refractivity contribution in [3.05, 3.63) is 59.7 Å². The SMILES string of the molecule is O=C1NCCc2ccc(C3=CN(c4ncnc5[nH]ccc45)CCS3)cc21. The van der Waals surface area contributed by atoms with Gasteiger partial charge in [-0.3, -0.25) is 4.79 Å². The summed E-state index contributed by atoms with van der Waals surface area (Å²) in [6.45, 7) is 1.60. The molecule has 7 heteroatoms. The lowest BCUT2D eigenvalue weighted by molar-refractivity contribution is 0.0946. The van der Waals surface area contributed by atoms with E-state index in [0.717, 1.165) is 63.7 Å². The predicted octanol–water partition coefficient (Wildman–Crippen LogP) is 2.80. The van der Waals surface area contributed by atoms with Gasteiger partial charge in [0.1, 0.15) is 17.8 Å². The van der Waals surface area contributed by atoms with Crippen molar-refractivity contribution in [1.82, 2.24) is 20.3 Å². The first kappa shape index (κ1) is 15.5.